The lowest BCUT2D eigenvalue weighted by Crippen LogP contribution is -2.52. The number of nitrogens with one attached hydrogen (secondary N) is 1. The van der Waals surface area contributed by atoms with Crippen LogP contribution in [0.15, 0.2) is 30.3 Å². The molecular weight excluding hydrogens is 262 g/mol. The van der Waals surface area contributed by atoms with Crippen LogP contribution in [0.4, 0.5) is 4.79 Å². The van der Waals surface area contributed by atoms with E-state index in [-0.39, 0.29) is 12.1 Å². The number of carbonyl (C=O) groups excluding carboxylic acids is 1. The molecule has 0 spiro atoms. The number of carbonyl (C=O) groups is 1. The lowest BCUT2D eigenvalue weighted by molar-refractivity contribution is 0.140. The first-order valence-electron chi connectivity index (χ1n) is 8.10. The standard InChI is InChI=1S/C17H25N3O/c1-2-19-10-12-20(13-11-19)17(21)18-16(15-8-9-15)14-6-4-3-5-7-14/h3-7,15-16H,2,8-13H2,1H3,(H,18,21). The van der Waals surface area contributed by atoms with E-state index in [0.29, 0.717) is 5.92 Å². The molecule has 0 radical (unpaired) electrons. The molecule has 2 fully saturated rings. The van der Waals surface area contributed by atoms with Crippen molar-refractivity contribution in [1.82, 2.24) is 15.1 Å². The zero-order valence-corrected chi connectivity index (χ0v) is 12.8. The Kier molecular flexibility index (Phi) is 4.44. The molecule has 0 aromatic heterocycles. The summed E-state index contributed by atoms with van der Waals surface area (Å²) in [5, 5.41) is 3.27. The van der Waals surface area contributed by atoms with Gasteiger partial charge in [-0.15, -0.1) is 0 Å². The smallest absolute Gasteiger partial charge is 0.317 e. The molecular formula is C17H25N3O. The monoisotopic (exact) mass is 287 g/mol. The van der Waals surface area contributed by atoms with Crippen molar-refractivity contribution < 1.29 is 4.79 Å². The van der Waals surface area contributed by atoms with Gasteiger partial charge in [-0.25, -0.2) is 4.79 Å². The summed E-state index contributed by atoms with van der Waals surface area (Å²) >= 11 is 0. The minimum absolute atomic E-state index is 0.103. The van der Waals surface area contributed by atoms with Crippen LogP contribution in [0.3, 0.4) is 0 Å². The van der Waals surface area contributed by atoms with Gasteiger partial charge in [0.1, 0.15) is 0 Å². The summed E-state index contributed by atoms with van der Waals surface area (Å²) in [6.45, 7) is 6.91. The van der Waals surface area contributed by atoms with Crippen molar-refractivity contribution in [3.8, 4) is 0 Å². The molecule has 2 aliphatic rings. The Bertz CT molecular complexity index is 464. The zero-order valence-electron chi connectivity index (χ0n) is 12.8. The van der Waals surface area contributed by atoms with Crippen LogP contribution in [-0.4, -0.2) is 48.6 Å². The van der Waals surface area contributed by atoms with Gasteiger partial charge in [0.15, 0.2) is 0 Å². The Morgan fingerprint density at radius 2 is 1.86 bits per heavy atom. The highest BCUT2D eigenvalue weighted by molar-refractivity contribution is 5.75. The zero-order chi connectivity index (χ0) is 14.7. The van der Waals surface area contributed by atoms with Gasteiger partial charge in [0.05, 0.1) is 6.04 Å². The molecule has 21 heavy (non-hydrogen) atoms. The number of likely N-dealkylation sites (N-methyl/N-ethyl adjacent to an activating group) is 1. The fraction of sp³-hybridized carbons (Fsp3) is 0.588. The Morgan fingerprint density at radius 3 is 2.43 bits per heavy atom. The lowest BCUT2D eigenvalue weighted by atomic mass is 10.0. The summed E-state index contributed by atoms with van der Waals surface area (Å²) < 4.78 is 0. The van der Waals surface area contributed by atoms with Crippen molar-refractivity contribution in [2.24, 2.45) is 5.92 Å². The molecule has 114 valence electrons. The van der Waals surface area contributed by atoms with Crippen LogP contribution < -0.4 is 5.32 Å². The molecule has 1 unspecified atom stereocenters. The number of nitrogens with zero attached hydrogens (tertiary/aromatic N) is 2. The lowest BCUT2D eigenvalue weighted by Gasteiger charge is -2.35. The molecule has 1 saturated heterocycles. The van der Waals surface area contributed by atoms with Crippen LogP contribution in [0.25, 0.3) is 0 Å². The summed E-state index contributed by atoms with van der Waals surface area (Å²) in [6.07, 6.45) is 2.45. The highest BCUT2D eigenvalue weighted by Gasteiger charge is 2.34. The van der Waals surface area contributed by atoms with E-state index in [1.54, 1.807) is 0 Å². The SMILES string of the molecule is CCN1CCN(C(=O)NC(c2ccccc2)C2CC2)CC1. The van der Waals surface area contributed by atoms with E-state index in [4.69, 9.17) is 0 Å². The van der Waals surface area contributed by atoms with E-state index in [9.17, 15) is 4.79 Å². The van der Waals surface area contributed by atoms with Crippen molar-refractivity contribution in [2.45, 2.75) is 25.8 Å². The van der Waals surface area contributed by atoms with Gasteiger partial charge < -0.3 is 15.1 Å². The maximum Gasteiger partial charge on any atom is 0.317 e. The molecule has 1 aromatic carbocycles. The quantitative estimate of drug-likeness (QED) is 0.923. The third kappa shape index (κ3) is 3.56. The maximum absolute atomic E-state index is 12.5. The summed E-state index contributed by atoms with van der Waals surface area (Å²) in [7, 11) is 0. The fourth-order valence-electron chi connectivity index (χ4n) is 3.05. The van der Waals surface area contributed by atoms with Gasteiger partial charge in [-0.1, -0.05) is 37.3 Å². The highest BCUT2D eigenvalue weighted by Crippen LogP contribution is 2.41. The molecule has 0 bridgehead atoms. The van der Waals surface area contributed by atoms with Crippen LogP contribution >= 0.6 is 0 Å². The predicted molar refractivity (Wildman–Crippen MR) is 84.1 cm³/mol. The molecule has 1 aliphatic heterocycles. The summed E-state index contributed by atoms with van der Waals surface area (Å²) in [5.74, 6) is 0.619. The Balaban J connectivity index is 1.60. The molecule has 1 aromatic rings. The average molecular weight is 287 g/mol. The maximum atomic E-state index is 12.5. The van der Waals surface area contributed by atoms with E-state index in [1.165, 1.54) is 18.4 Å². The van der Waals surface area contributed by atoms with Crippen LogP contribution in [0.1, 0.15) is 31.4 Å². The van der Waals surface area contributed by atoms with E-state index in [0.717, 1.165) is 32.7 Å². The number of hydrogen-bond acceptors (Lipinski definition) is 2. The molecule has 1 saturated carbocycles. The molecule has 4 heteroatoms. The first kappa shape index (κ1) is 14.4. The van der Waals surface area contributed by atoms with E-state index in [2.05, 4.69) is 41.4 Å². The number of amides is 2. The van der Waals surface area contributed by atoms with Gasteiger partial charge in [0.25, 0.3) is 0 Å². The minimum atomic E-state index is 0.103. The summed E-state index contributed by atoms with van der Waals surface area (Å²) in [4.78, 5) is 16.9. The third-order valence-electron chi connectivity index (χ3n) is 4.64. The number of rotatable bonds is 4. The van der Waals surface area contributed by atoms with Crippen molar-refractivity contribution >= 4 is 6.03 Å². The van der Waals surface area contributed by atoms with Crippen LogP contribution in [0.5, 0.6) is 0 Å². The second-order valence-electron chi connectivity index (χ2n) is 6.10. The largest absolute Gasteiger partial charge is 0.331 e. The Labute approximate surface area is 127 Å². The average Bonchev–Trinajstić information content (AvgIpc) is 3.38. The fourth-order valence-corrected chi connectivity index (χ4v) is 3.05. The molecule has 2 amide bonds. The molecule has 1 aliphatic carbocycles. The van der Waals surface area contributed by atoms with Gasteiger partial charge in [-0.05, 0) is 30.9 Å². The number of hydrogen-bond donors (Lipinski definition) is 1. The van der Waals surface area contributed by atoms with Crippen LogP contribution in [0.2, 0.25) is 0 Å². The van der Waals surface area contributed by atoms with Gasteiger partial charge in [0, 0.05) is 26.2 Å². The van der Waals surface area contributed by atoms with Gasteiger partial charge in [-0.3, -0.25) is 0 Å². The normalized spacial score (nSPS) is 21.1. The topological polar surface area (TPSA) is 35.6 Å². The predicted octanol–water partition coefficient (Wildman–Crippen LogP) is 2.48. The van der Waals surface area contributed by atoms with Gasteiger partial charge in [-0.2, -0.15) is 0 Å². The number of piperazine rings is 1. The van der Waals surface area contributed by atoms with Crippen molar-refractivity contribution in [2.75, 3.05) is 32.7 Å². The molecule has 1 heterocycles. The Morgan fingerprint density at radius 1 is 1.19 bits per heavy atom. The van der Waals surface area contributed by atoms with E-state index in [1.807, 2.05) is 11.0 Å². The van der Waals surface area contributed by atoms with E-state index >= 15 is 0 Å². The van der Waals surface area contributed by atoms with Gasteiger partial charge in [0.2, 0.25) is 0 Å². The van der Waals surface area contributed by atoms with Crippen LogP contribution in [0, 0.1) is 5.92 Å². The summed E-state index contributed by atoms with van der Waals surface area (Å²) in [5.41, 5.74) is 1.24. The second kappa shape index (κ2) is 6.48. The second-order valence-corrected chi connectivity index (χ2v) is 6.10. The highest BCUT2D eigenvalue weighted by atomic mass is 16.2. The first-order chi connectivity index (χ1) is 10.3. The molecule has 1 atom stereocenters. The summed E-state index contributed by atoms with van der Waals surface area (Å²) in [6, 6.07) is 10.7. The molecule has 1 N–H and O–H groups in total. The Hall–Kier alpha value is -1.55. The minimum Gasteiger partial charge on any atom is -0.331 e. The van der Waals surface area contributed by atoms with E-state index < -0.39 is 0 Å². The van der Waals surface area contributed by atoms with Crippen molar-refractivity contribution in [3.63, 3.8) is 0 Å². The van der Waals surface area contributed by atoms with Crippen LogP contribution in [-0.2, 0) is 0 Å². The number of benzene rings is 1. The first-order valence-corrected chi connectivity index (χ1v) is 8.10. The number of urea groups is 1. The van der Waals surface area contributed by atoms with Crippen molar-refractivity contribution in [3.05, 3.63) is 35.9 Å². The third-order valence-corrected chi connectivity index (χ3v) is 4.64. The molecule has 4 nitrogen and oxygen atoms in total. The van der Waals surface area contributed by atoms with Crippen molar-refractivity contribution in [1.29, 1.82) is 0 Å². The molecule has 3 rings (SSSR count). The van der Waals surface area contributed by atoms with Gasteiger partial charge >= 0.3 is 6.03 Å².